The quantitative estimate of drug-likeness (QED) is 0.862. The SMILES string of the molecule is S=C(Nc1ccccc1Cl)N1CCN(Cc2ccccn2)CC1. The van der Waals surface area contributed by atoms with Crippen molar-refractivity contribution < 1.29 is 0 Å². The lowest BCUT2D eigenvalue weighted by Gasteiger charge is -2.36. The van der Waals surface area contributed by atoms with Gasteiger partial charge in [-0.25, -0.2) is 0 Å². The van der Waals surface area contributed by atoms with E-state index in [1.54, 1.807) is 0 Å². The number of halogens is 1. The third-order valence-electron chi connectivity index (χ3n) is 3.89. The highest BCUT2D eigenvalue weighted by molar-refractivity contribution is 7.80. The van der Waals surface area contributed by atoms with Crippen LogP contribution >= 0.6 is 23.8 Å². The van der Waals surface area contributed by atoms with Crippen molar-refractivity contribution in [1.82, 2.24) is 14.8 Å². The van der Waals surface area contributed by atoms with Crippen molar-refractivity contribution in [3.8, 4) is 0 Å². The summed E-state index contributed by atoms with van der Waals surface area (Å²) < 4.78 is 0. The number of para-hydroxylation sites is 1. The molecule has 0 saturated carbocycles. The van der Waals surface area contributed by atoms with Crippen LogP contribution < -0.4 is 5.32 Å². The third kappa shape index (κ3) is 4.41. The van der Waals surface area contributed by atoms with Crippen LogP contribution in [0.3, 0.4) is 0 Å². The van der Waals surface area contributed by atoms with E-state index in [1.165, 1.54) is 0 Å². The van der Waals surface area contributed by atoms with Crippen LogP contribution in [0.5, 0.6) is 0 Å². The molecule has 2 aromatic rings. The summed E-state index contributed by atoms with van der Waals surface area (Å²) in [6.07, 6.45) is 1.84. The molecule has 0 atom stereocenters. The number of nitrogens with zero attached hydrogens (tertiary/aromatic N) is 3. The molecule has 3 rings (SSSR count). The van der Waals surface area contributed by atoms with E-state index in [0.717, 1.165) is 49.2 Å². The van der Waals surface area contributed by atoms with E-state index in [9.17, 15) is 0 Å². The molecule has 1 aliphatic rings. The minimum absolute atomic E-state index is 0.684. The van der Waals surface area contributed by atoms with Gasteiger partial charge in [-0.2, -0.15) is 0 Å². The maximum absolute atomic E-state index is 6.16. The highest BCUT2D eigenvalue weighted by Gasteiger charge is 2.19. The van der Waals surface area contributed by atoms with Crippen molar-refractivity contribution in [1.29, 1.82) is 0 Å². The number of thiocarbonyl (C=S) groups is 1. The van der Waals surface area contributed by atoms with Crippen LogP contribution in [-0.4, -0.2) is 46.1 Å². The molecule has 0 bridgehead atoms. The Labute approximate surface area is 147 Å². The molecule has 0 radical (unpaired) electrons. The maximum Gasteiger partial charge on any atom is 0.173 e. The molecule has 1 N–H and O–H groups in total. The van der Waals surface area contributed by atoms with E-state index in [2.05, 4.69) is 26.2 Å². The van der Waals surface area contributed by atoms with Gasteiger partial charge in [0, 0.05) is 38.9 Å². The number of pyridine rings is 1. The standard InChI is InChI=1S/C17H19ClN4S/c18-15-6-1-2-7-16(15)20-17(23)22-11-9-21(10-12-22)13-14-5-3-4-8-19-14/h1-8H,9-13H2,(H,20,23). The molecule has 1 saturated heterocycles. The van der Waals surface area contributed by atoms with Gasteiger partial charge in [0.05, 0.1) is 16.4 Å². The monoisotopic (exact) mass is 346 g/mol. The summed E-state index contributed by atoms with van der Waals surface area (Å²) in [5, 5.41) is 4.65. The number of anilines is 1. The van der Waals surface area contributed by atoms with Crippen LogP contribution in [0.4, 0.5) is 5.69 Å². The van der Waals surface area contributed by atoms with Crippen LogP contribution in [0.1, 0.15) is 5.69 Å². The normalized spacial score (nSPS) is 15.4. The number of aromatic nitrogens is 1. The van der Waals surface area contributed by atoms with Crippen LogP contribution in [0.15, 0.2) is 48.7 Å². The highest BCUT2D eigenvalue weighted by Crippen LogP contribution is 2.21. The Hall–Kier alpha value is -1.69. The van der Waals surface area contributed by atoms with Gasteiger partial charge in [-0.1, -0.05) is 29.8 Å². The Bertz CT molecular complexity index is 657. The van der Waals surface area contributed by atoms with E-state index in [0.29, 0.717) is 5.02 Å². The van der Waals surface area contributed by atoms with Crippen LogP contribution in [0, 0.1) is 0 Å². The molecule has 4 nitrogen and oxygen atoms in total. The van der Waals surface area contributed by atoms with E-state index in [4.69, 9.17) is 23.8 Å². The van der Waals surface area contributed by atoms with Crippen LogP contribution in [-0.2, 0) is 6.54 Å². The number of rotatable bonds is 3. The lowest BCUT2D eigenvalue weighted by atomic mass is 10.2. The second-order valence-corrected chi connectivity index (χ2v) is 6.29. The van der Waals surface area contributed by atoms with Crippen molar-refractivity contribution in [2.24, 2.45) is 0 Å². The van der Waals surface area contributed by atoms with E-state index >= 15 is 0 Å². The Morgan fingerprint density at radius 2 is 1.83 bits per heavy atom. The zero-order chi connectivity index (χ0) is 16.1. The Morgan fingerprint density at radius 1 is 1.09 bits per heavy atom. The molecule has 1 fully saturated rings. The molecule has 120 valence electrons. The first-order chi connectivity index (χ1) is 11.2. The molecule has 6 heteroatoms. The molecule has 1 aromatic carbocycles. The lowest BCUT2D eigenvalue weighted by Crippen LogP contribution is -2.49. The van der Waals surface area contributed by atoms with Crippen molar-refractivity contribution in [3.05, 3.63) is 59.4 Å². The van der Waals surface area contributed by atoms with Gasteiger partial charge in [0.2, 0.25) is 0 Å². The molecule has 0 unspecified atom stereocenters. The summed E-state index contributed by atoms with van der Waals surface area (Å²) in [4.78, 5) is 8.97. The van der Waals surface area contributed by atoms with Crippen molar-refractivity contribution in [3.63, 3.8) is 0 Å². The second-order valence-electron chi connectivity index (χ2n) is 5.49. The van der Waals surface area contributed by atoms with Crippen LogP contribution in [0.2, 0.25) is 5.02 Å². The molecule has 0 spiro atoms. The minimum Gasteiger partial charge on any atom is -0.346 e. The molecule has 1 aliphatic heterocycles. The number of hydrogen-bond acceptors (Lipinski definition) is 3. The smallest absolute Gasteiger partial charge is 0.173 e. The Morgan fingerprint density at radius 3 is 2.52 bits per heavy atom. The largest absolute Gasteiger partial charge is 0.346 e. The molecular weight excluding hydrogens is 328 g/mol. The first kappa shape index (κ1) is 16.2. The van der Waals surface area contributed by atoms with Crippen molar-refractivity contribution in [2.45, 2.75) is 6.54 Å². The molecular formula is C17H19ClN4S. The van der Waals surface area contributed by atoms with Gasteiger partial charge >= 0.3 is 0 Å². The zero-order valence-electron chi connectivity index (χ0n) is 12.8. The van der Waals surface area contributed by atoms with Crippen LogP contribution in [0.25, 0.3) is 0 Å². The lowest BCUT2D eigenvalue weighted by molar-refractivity contribution is 0.175. The highest BCUT2D eigenvalue weighted by atomic mass is 35.5. The fourth-order valence-corrected chi connectivity index (χ4v) is 3.06. The Kier molecular flexibility index (Phi) is 5.43. The summed E-state index contributed by atoms with van der Waals surface area (Å²) in [5.41, 5.74) is 1.97. The molecule has 0 amide bonds. The van der Waals surface area contributed by atoms with E-state index in [1.807, 2.05) is 42.6 Å². The second kappa shape index (κ2) is 7.73. The summed E-state index contributed by atoms with van der Waals surface area (Å²) >= 11 is 11.7. The van der Waals surface area contributed by atoms with Gasteiger partial charge in [-0.3, -0.25) is 9.88 Å². The van der Waals surface area contributed by atoms with Gasteiger partial charge in [0.15, 0.2) is 5.11 Å². The van der Waals surface area contributed by atoms with Gasteiger partial charge in [-0.05, 0) is 36.5 Å². The number of hydrogen-bond donors (Lipinski definition) is 1. The van der Waals surface area contributed by atoms with Gasteiger partial charge < -0.3 is 10.2 Å². The predicted octanol–water partition coefficient (Wildman–Crippen LogP) is 3.25. The maximum atomic E-state index is 6.16. The molecule has 0 aliphatic carbocycles. The number of nitrogens with one attached hydrogen (secondary N) is 1. The van der Waals surface area contributed by atoms with Gasteiger partial charge in [-0.15, -0.1) is 0 Å². The summed E-state index contributed by atoms with van der Waals surface area (Å²) in [6.45, 7) is 4.65. The first-order valence-electron chi connectivity index (χ1n) is 7.65. The fourth-order valence-electron chi connectivity index (χ4n) is 2.59. The molecule has 1 aromatic heterocycles. The summed E-state index contributed by atoms with van der Waals surface area (Å²) in [6, 6.07) is 13.7. The molecule has 23 heavy (non-hydrogen) atoms. The number of benzene rings is 1. The topological polar surface area (TPSA) is 31.4 Å². The third-order valence-corrected chi connectivity index (χ3v) is 4.58. The van der Waals surface area contributed by atoms with E-state index < -0.39 is 0 Å². The summed E-state index contributed by atoms with van der Waals surface area (Å²) in [5.74, 6) is 0. The van der Waals surface area contributed by atoms with Gasteiger partial charge in [0.25, 0.3) is 0 Å². The first-order valence-corrected chi connectivity index (χ1v) is 8.44. The van der Waals surface area contributed by atoms with Crippen molar-refractivity contribution >= 4 is 34.6 Å². The number of piperazine rings is 1. The zero-order valence-corrected chi connectivity index (χ0v) is 14.4. The van der Waals surface area contributed by atoms with Crippen molar-refractivity contribution in [2.75, 3.05) is 31.5 Å². The van der Waals surface area contributed by atoms with E-state index in [-0.39, 0.29) is 0 Å². The average molecular weight is 347 g/mol. The predicted molar refractivity (Wildman–Crippen MR) is 98.8 cm³/mol. The molecule has 2 heterocycles. The summed E-state index contributed by atoms with van der Waals surface area (Å²) in [7, 11) is 0. The van der Waals surface area contributed by atoms with Gasteiger partial charge in [0.1, 0.15) is 0 Å². The minimum atomic E-state index is 0.684. The Balaban J connectivity index is 1.50. The fraction of sp³-hybridized carbons (Fsp3) is 0.294. The average Bonchev–Trinajstić information content (AvgIpc) is 2.58.